The van der Waals surface area contributed by atoms with Crippen LogP contribution in [0.4, 0.5) is 4.39 Å². The Morgan fingerprint density at radius 2 is 2.19 bits per heavy atom. The second-order valence-electron chi connectivity index (χ2n) is 3.85. The highest BCUT2D eigenvalue weighted by Crippen LogP contribution is 2.27. The summed E-state index contributed by atoms with van der Waals surface area (Å²) in [4.78, 5) is 4.56. The summed E-state index contributed by atoms with van der Waals surface area (Å²) in [7, 11) is 0. The van der Waals surface area contributed by atoms with E-state index in [1.54, 1.807) is 23.5 Å². The minimum absolute atomic E-state index is 0.188. The summed E-state index contributed by atoms with van der Waals surface area (Å²) in [5.74, 6) is -0.188. The molecule has 0 N–H and O–H groups in total. The first-order valence-electron chi connectivity index (χ1n) is 5.41. The molecule has 0 unspecified atom stereocenters. The maximum absolute atomic E-state index is 13.0. The van der Waals surface area contributed by atoms with Gasteiger partial charge in [-0.15, -0.1) is 11.3 Å². The Morgan fingerprint density at radius 1 is 1.38 bits per heavy atom. The lowest BCUT2D eigenvalue weighted by Crippen LogP contribution is -1.86. The van der Waals surface area contributed by atoms with E-state index < -0.39 is 0 Å². The van der Waals surface area contributed by atoms with Crippen molar-refractivity contribution in [1.82, 2.24) is 4.98 Å². The number of hydrogen-bond acceptors (Lipinski definition) is 2. The zero-order chi connectivity index (χ0) is 11.5. The molecule has 2 aromatic rings. The van der Waals surface area contributed by atoms with Crippen LogP contribution >= 0.6 is 11.3 Å². The smallest absolute Gasteiger partial charge is 0.123 e. The second kappa shape index (κ2) is 4.74. The van der Waals surface area contributed by atoms with Crippen molar-refractivity contribution in [3.63, 3.8) is 0 Å². The van der Waals surface area contributed by atoms with Crippen LogP contribution in [0.3, 0.4) is 0 Å². The third-order valence-corrected chi connectivity index (χ3v) is 3.40. The zero-order valence-electron chi connectivity index (χ0n) is 9.46. The summed E-state index contributed by atoms with van der Waals surface area (Å²) >= 11 is 1.63. The molecular formula is C13H14FNS. The maximum Gasteiger partial charge on any atom is 0.123 e. The number of aryl methyl sites for hydroxylation is 2. The van der Waals surface area contributed by atoms with Crippen molar-refractivity contribution in [2.24, 2.45) is 0 Å². The summed E-state index contributed by atoms with van der Waals surface area (Å²) in [5, 5.41) is 3.07. The van der Waals surface area contributed by atoms with Gasteiger partial charge in [0.15, 0.2) is 0 Å². The first-order chi connectivity index (χ1) is 7.70. The maximum atomic E-state index is 13.0. The van der Waals surface area contributed by atoms with Crippen molar-refractivity contribution in [3.05, 3.63) is 40.7 Å². The van der Waals surface area contributed by atoms with Gasteiger partial charge >= 0.3 is 0 Å². The Hall–Kier alpha value is -1.22. The van der Waals surface area contributed by atoms with Gasteiger partial charge < -0.3 is 0 Å². The average molecular weight is 235 g/mol. The molecule has 84 valence electrons. The van der Waals surface area contributed by atoms with E-state index in [1.807, 2.05) is 6.92 Å². The predicted molar refractivity (Wildman–Crippen MR) is 66.2 cm³/mol. The number of aromatic nitrogens is 1. The van der Waals surface area contributed by atoms with Crippen molar-refractivity contribution in [2.45, 2.75) is 26.7 Å². The molecule has 16 heavy (non-hydrogen) atoms. The van der Waals surface area contributed by atoms with E-state index in [0.717, 1.165) is 34.7 Å². The monoisotopic (exact) mass is 235 g/mol. The van der Waals surface area contributed by atoms with Gasteiger partial charge in [0.05, 0.1) is 5.69 Å². The average Bonchev–Trinajstić information content (AvgIpc) is 2.67. The van der Waals surface area contributed by atoms with Gasteiger partial charge in [0.2, 0.25) is 0 Å². The van der Waals surface area contributed by atoms with Crippen LogP contribution in [0, 0.1) is 12.7 Å². The van der Waals surface area contributed by atoms with Crippen LogP contribution in [-0.2, 0) is 6.42 Å². The molecule has 0 aliphatic rings. The fourth-order valence-corrected chi connectivity index (χ4v) is 2.61. The molecule has 3 heteroatoms. The van der Waals surface area contributed by atoms with Gasteiger partial charge in [-0.1, -0.05) is 13.3 Å². The molecule has 0 saturated carbocycles. The van der Waals surface area contributed by atoms with E-state index >= 15 is 0 Å². The van der Waals surface area contributed by atoms with Gasteiger partial charge in [0.25, 0.3) is 0 Å². The van der Waals surface area contributed by atoms with Gasteiger partial charge in [-0.3, -0.25) is 0 Å². The minimum Gasteiger partial charge on any atom is -0.241 e. The number of hydrogen-bond donors (Lipinski definition) is 0. The van der Waals surface area contributed by atoms with E-state index in [2.05, 4.69) is 17.3 Å². The number of rotatable bonds is 3. The molecule has 1 aromatic heterocycles. The third kappa shape index (κ3) is 2.30. The van der Waals surface area contributed by atoms with Crippen LogP contribution in [0.5, 0.6) is 0 Å². The Balaban J connectivity index is 2.35. The minimum atomic E-state index is -0.188. The Kier molecular flexibility index (Phi) is 3.34. The summed E-state index contributed by atoms with van der Waals surface area (Å²) in [5.41, 5.74) is 3.11. The fraction of sp³-hybridized carbons (Fsp3) is 0.308. The Morgan fingerprint density at radius 3 is 2.88 bits per heavy atom. The SMILES string of the molecule is CCCc1csc(-c2ccc(F)cc2C)n1. The van der Waals surface area contributed by atoms with Crippen LogP contribution in [-0.4, -0.2) is 4.98 Å². The van der Waals surface area contributed by atoms with Crippen LogP contribution in [0.15, 0.2) is 23.6 Å². The highest BCUT2D eigenvalue weighted by molar-refractivity contribution is 7.13. The molecule has 0 radical (unpaired) electrons. The van der Waals surface area contributed by atoms with Crippen molar-refractivity contribution in [1.29, 1.82) is 0 Å². The van der Waals surface area contributed by atoms with Gasteiger partial charge in [0, 0.05) is 10.9 Å². The third-order valence-electron chi connectivity index (χ3n) is 2.48. The normalized spacial score (nSPS) is 10.7. The second-order valence-corrected chi connectivity index (χ2v) is 4.71. The van der Waals surface area contributed by atoms with E-state index in [0.29, 0.717) is 0 Å². The van der Waals surface area contributed by atoms with Gasteiger partial charge in [-0.25, -0.2) is 9.37 Å². The fourth-order valence-electron chi connectivity index (χ4n) is 1.67. The molecule has 1 heterocycles. The van der Waals surface area contributed by atoms with Crippen molar-refractivity contribution < 1.29 is 4.39 Å². The Labute approximate surface area is 99.0 Å². The predicted octanol–water partition coefficient (Wildman–Crippen LogP) is 4.21. The van der Waals surface area contributed by atoms with Crippen LogP contribution in [0.2, 0.25) is 0 Å². The van der Waals surface area contributed by atoms with Crippen molar-refractivity contribution in [2.75, 3.05) is 0 Å². The lowest BCUT2D eigenvalue weighted by atomic mass is 10.1. The Bertz CT molecular complexity index is 490. The summed E-state index contributed by atoms with van der Waals surface area (Å²) in [6, 6.07) is 4.85. The molecule has 0 amide bonds. The van der Waals surface area contributed by atoms with Crippen LogP contribution in [0.1, 0.15) is 24.6 Å². The highest BCUT2D eigenvalue weighted by atomic mass is 32.1. The quantitative estimate of drug-likeness (QED) is 0.776. The molecule has 0 saturated heterocycles. The number of benzene rings is 1. The topological polar surface area (TPSA) is 12.9 Å². The molecule has 1 nitrogen and oxygen atoms in total. The van der Waals surface area contributed by atoms with Crippen LogP contribution < -0.4 is 0 Å². The molecule has 0 fully saturated rings. The van der Waals surface area contributed by atoms with E-state index in [4.69, 9.17) is 0 Å². The molecule has 2 rings (SSSR count). The molecule has 0 aliphatic carbocycles. The standard InChI is InChI=1S/C13H14FNS/c1-3-4-11-8-16-13(15-11)12-6-5-10(14)7-9(12)2/h5-8H,3-4H2,1-2H3. The molecule has 0 bridgehead atoms. The van der Waals surface area contributed by atoms with Gasteiger partial charge in [-0.05, 0) is 37.1 Å². The first kappa shape index (κ1) is 11.3. The highest BCUT2D eigenvalue weighted by Gasteiger charge is 2.07. The molecule has 0 spiro atoms. The number of thiazole rings is 1. The van der Waals surface area contributed by atoms with E-state index in [1.165, 1.54) is 6.07 Å². The molecular weight excluding hydrogens is 221 g/mol. The number of nitrogens with zero attached hydrogens (tertiary/aromatic N) is 1. The number of halogens is 1. The summed E-state index contributed by atoms with van der Waals surface area (Å²) < 4.78 is 13.0. The van der Waals surface area contributed by atoms with Gasteiger partial charge in [0.1, 0.15) is 10.8 Å². The van der Waals surface area contributed by atoms with Gasteiger partial charge in [-0.2, -0.15) is 0 Å². The van der Waals surface area contributed by atoms with E-state index in [-0.39, 0.29) is 5.82 Å². The summed E-state index contributed by atoms with van der Waals surface area (Å²) in [6.45, 7) is 4.06. The van der Waals surface area contributed by atoms with E-state index in [9.17, 15) is 4.39 Å². The molecule has 0 atom stereocenters. The first-order valence-corrected chi connectivity index (χ1v) is 6.29. The summed E-state index contributed by atoms with van der Waals surface area (Å²) in [6.07, 6.45) is 2.11. The zero-order valence-corrected chi connectivity index (χ0v) is 10.3. The largest absolute Gasteiger partial charge is 0.241 e. The lowest BCUT2D eigenvalue weighted by molar-refractivity contribution is 0.627. The molecule has 1 aromatic carbocycles. The van der Waals surface area contributed by atoms with Crippen molar-refractivity contribution in [3.8, 4) is 10.6 Å². The van der Waals surface area contributed by atoms with Crippen molar-refractivity contribution >= 4 is 11.3 Å². The molecule has 0 aliphatic heterocycles. The van der Waals surface area contributed by atoms with Crippen LogP contribution in [0.25, 0.3) is 10.6 Å². The lowest BCUT2D eigenvalue weighted by Gasteiger charge is -2.01.